The van der Waals surface area contributed by atoms with E-state index in [1.54, 1.807) is 0 Å². The fraction of sp³-hybridized carbons (Fsp3) is 0.375. The first kappa shape index (κ1) is 12.6. The summed E-state index contributed by atoms with van der Waals surface area (Å²) in [7, 11) is 0. The molecular weight excluding hydrogens is 258 g/mol. The molecule has 0 radical (unpaired) electrons. The number of halogens is 1. The highest BCUT2D eigenvalue weighted by molar-refractivity contribution is 6.33. The van der Waals surface area contributed by atoms with Crippen LogP contribution in [0.1, 0.15) is 36.3 Å². The van der Waals surface area contributed by atoms with Gasteiger partial charge < -0.3 is 9.73 Å². The maximum absolute atomic E-state index is 6.15. The molecule has 0 amide bonds. The fourth-order valence-electron chi connectivity index (χ4n) is 2.36. The Hall–Kier alpha value is -1.41. The molecule has 1 fully saturated rings. The summed E-state index contributed by atoms with van der Waals surface area (Å²) in [5.74, 6) is 3.50. The third kappa shape index (κ3) is 2.79. The van der Waals surface area contributed by atoms with E-state index in [1.807, 2.05) is 12.1 Å². The van der Waals surface area contributed by atoms with Crippen molar-refractivity contribution in [2.75, 3.05) is 5.32 Å². The largest absolute Gasteiger partial charge is 0.464 e. The van der Waals surface area contributed by atoms with Crippen molar-refractivity contribution >= 4 is 17.3 Å². The minimum Gasteiger partial charge on any atom is -0.464 e. The van der Waals surface area contributed by atoms with E-state index in [4.69, 9.17) is 16.0 Å². The van der Waals surface area contributed by atoms with Gasteiger partial charge in [0.05, 0.1) is 17.3 Å². The van der Waals surface area contributed by atoms with Crippen molar-refractivity contribution in [1.29, 1.82) is 0 Å². The lowest BCUT2D eigenvalue weighted by Gasteiger charge is -2.07. The van der Waals surface area contributed by atoms with Gasteiger partial charge in [-0.25, -0.2) is 0 Å². The van der Waals surface area contributed by atoms with Crippen molar-refractivity contribution in [2.24, 2.45) is 5.92 Å². The number of hydrogen-bond acceptors (Lipinski definition) is 2. The summed E-state index contributed by atoms with van der Waals surface area (Å²) in [6.45, 7) is 4.99. The lowest BCUT2D eigenvalue weighted by atomic mass is 10.2. The second-order valence-corrected chi connectivity index (χ2v) is 5.87. The topological polar surface area (TPSA) is 25.2 Å². The minimum absolute atomic E-state index is 0.635. The average Bonchev–Trinajstić information content (AvgIpc) is 2.93. The van der Waals surface area contributed by atoms with E-state index in [0.717, 1.165) is 28.1 Å². The Morgan fingerprint density at radius 1 is 1.32 bits per heavy atom. The molecule has 0 aliphatic heterocycles. The molecular formula is C16H18ClNO. The molecule has 3 rings (SSSR count). The van der Waals surface area contributed by atoms with Crippen LogP contribution in [-0.2, 0) is 6.54 Å². The Balaban J connectivity index is 1.65. The van der Waals surface area contributed by atoms with Gasteiger partial charge in [0.2, 0.25) is 0 Å². The van der Waals surface area contributed by atoms with Gasteiger partial charge in [-0.3, -0.25) is 0 Å². The second kappa shape index (κ2) is 4.93. The zero-order valence-corrected chi connectivity index (χ0v) is 12.0. The van der Waals surface area contributed by atoms with E-state index in [-0.39, 0.29) is 0 Å². The van der Waals surface area contributed by atoms with Crippen LogP contribution in [0.3, 0.4) is 0 Å². The third-order valence-corrected chi connectivity index (χ3v) is 4.06. The highest BCUT2D eigenvalue weighted by Gasteiger charge is 2.36. The summed E-state index contributed by atoms with van der Waals surface area (Å²) in [6, 6.07) is 10.1. The van der Waals surface area contributed by atoms with Crippen molar-refractivity contribution in [3.63, 3.8) is 0 Å². The van der Waals surface area contributed by atoms with Crippen molar-refractivity contribution in [2.45, 2.75) is 32.7 Å². The quantitative estimate of drug-likeness (QED) is 0.851. The number of furan rings is 1. The standard InChI is InChI=1S/C16H18ClNO/c1-10-3-5-14(17)15(7-10)18-9-12-4-6-16(19-12)13-8-11(13)2/h3-7,11,13,18H,8-9H2,1-2H3. The van der Waals surface area contributed by atoms with E-state index >= 15 is 0 Å². The molecule has 1 aromatic heterocycles. The molecule has 1 aliphatic carbocycles. The first-order valence-electron chi connectivity index (χ1n) is 6.72. The Kier molecular flexibility index (Phi) is 3.28. The van der Waals surface area contributed by atoms with E-state index < -0.39 is 0 Å². The van der Waals surface area contributed by atoms with Crippen LogP contribution in [0.5, 0.6) is 0 Å². The maximum Gasteiger partial charge on any atom is 0.123 e. The van der Waals surface area contributed by atoms with Gasteiger partial charge in [-0.05, 0) is 49.1 Å². The summed E-state index contributed by atoms with van der Waals surface area (Å²) in [4.78, 5) is 0. The monoisotopic (exact) mass is 275 g/mol. The van der Waals surface area contributed by atoms with E-state index in [2.05, 4.69) is 37.4 Å². The molecule has 2 aromatic rings. The van der Waals surface area contributed by atoms with Crippen LogP contribution in [0.25, 0.3) is 0 Å². The van der Waals surface area contributed by atoms with Crippen molar-refractivity contribution in [3.8, 4) is 0 Å². The van der Waals surface area contributed by atoms with E-state index in [0.29, 0.717) is 12.5 Å². The molecule has 100 valence electrons. The van der Waals surface area contributed by atoms with Crippen LogP contribution in [0.2, 0.25) is 5.02 Å². The number of nitrogens with one attached hydrogen (secondary N) is 1. The number of anilines is 1. The summed E-state index contributed by atoms with van der Waals surface area (Å²) in [5.41, 5.74) is 2.15. The van der Waals surface area contributed by atoms with Crippen molar-refractivity contribution in [1.82, 2.24) is 0 Å². The van der Waals surface area contributed by atoms with Crippen molar-refractivity contribution < 1.29 is 4.42 Å². The van der Waals surface area contributed by atoms with Crippen molar-refractivity contribution in [3.05, 3.63) is 52.4 Å². The number of benzene rings is 1. The number of hydrogen-bond donors (Lipinski definition) is 1. The Bertz CT molecular complexity index is 590. The van der Waals surface area contributed by atoms with Crippen LogP contribution < -0.4 is 5.32 Å². The van der Waals surface area contributed by atoms with E-state index in [1.165, 1.54) is 12.0 Å². The van der Waals surface area contributed by atoms with Crippen LogP contribution in [0.15, 0.2) is 34.7 Å². The molecule has 0 bridgehead atoms. The van der Waals surface area contributed by atoms with Gasteiger partial charge in [0, 0.05) is 5.92 Å². The average molecular weight is 276 g/mol. The second-order valence-electron chi connectivity index (χ2n) is 5.46. The highest BCUT2D eigenvalue weighted by Crippen LogP contribution is 2.47. The molecule has 1 heterocycles. The summed E-state index contributed by atoms with van der Waals surface area (Å²) < 4.78 is 5.86. The molecule has 1 saturated carbocycles. The van der Waals surface area contributed by atoms with Gasteiger partial charge >= 0.3 is 0 Å². The predicted octanol–water partition coefficient (Wildman–Crippen LogP) is 4.98. The van der Waals surface area contributed by atoms with Crippen LogP contribution in [-0.4, -0.2) is 0 Å². The Labute approximate surface area is 118 Å². The van der Waals surface area contributed by atoms with E-state index in [9.17, 15) is 0 Å². The smallest absolute Gasteiger partial charge is 0.123 e. The van der Waals surface area contributed by atoms with Gasteiger partial charge in [0.25, 0.3) is 0 Å². The van der Waals surface area contributed by atoms with Gasteiger partial charge in [-0.2, -0.15) is 0 Å². The Morgan fingerprint density at radius 2 is 2.11 bits per heavy atom. The molecule has 2 nitrogen and oxygen atoms in total. The number of rotatable bonds is 4. The molecule has 0 saturated heterocycles. The van der Waals surface area contributed by atoms with Crippen LogP contribution >= 0.6 is 11.6 Å². The normalized spacial score (nSPS) is 21.4. The Morgan fingerprint density at radius 3 is 2.84 bits per heavy atom. The zero-order chi connectivity index (χ0) is 13.4. The summed E-state index contributed by atoms with van der Waals surface area (Å²) in [5, 5.41) is 4.07. The minimum atomic E-state index is 0.635. The third-order valence-electron chi connectivity index (χ3n) is 3.73. The first-order chi connectivity index (χ1) is 9.13. The maximum atomic E-state index is 6.15. The molecule has 1 N–H and O–H groups in total. The first-order valence-corrected chi connectivity index (χ1v) is 7.10. The summed E-state index contributed by atoms with van der Waals surface area (Å²) in [6.07, 6.45) is 1.25. The van der Waals surface area contributed by atoms with Gasteiger partial charge in [-0.15, -0.1) is 0 Å². The molecule has 2 atom stereocenters. The lowest BCUT2D eigenvalue weighted by Crippen LogP contribution is -1.99. The van der Waals surface area contributed by atoms with Gasteiger partial charge in [0.15, 0.2) is 0 Å². The SMILES string of the molecule is Cc1ccc(Cl)c(NCc2ccc(C3CC3C)o2)c1. The molecule has 1 aromatic carbocycles. The molecule has 2 unspecified atom stereocenters. The molecule has 1 aliphatic rings. The fourth-order valence-corrected chi connectivity index (χ4v) is 2.55. The highest BCUT2D eigenvalue weighted by atomic mass is 35.5. The van der Waals surface area contributed by atoms with Gasteiger partial charge in [0.1, 0.15) is 11.5 Å². The van der Waals surface area contributed by atoms with Crippen LogP contribution in [0, 0.1) is 12.8 Å². The van der Waals surface area contributed by atoms with Crippen LogP contribution in [0.4, 0.5) is 5.69 Å². The lowest BCUT2D eigenvalue weighted by molar-refractivity contribution is 0.468. The predicted molar refractivity (Wildman–Crippen MR) is 78.7 cm³/mol. The number of aryl methyl sites for hydroxylation is 1. The zero-order valence-electron chi connectivity index (χ0n) is 11.2. The summed E-state index contributed by atoms with van der Waals surface area (Å²) >= 11 is 6.15. The molecule has 19 heavy (non-hydrogen) atoms. The molecule has 0 spiro atoms. The van der Waals surface area contributed by atoms with Gasteiger partial charge in [-0.1, -0.05) is 24.6 Å². The molecule has 3 heteroatoms.